The molecule has 3 rings (SSSR count). The van der Waals surface area contributed by atoms with Crippen LogP contribution in [0.2, 0.25) is 0 Å². The monoisotopic (exact) mass is 241 g/mol. The maximum absolute atomic E-state index is 12.9. The summed E-state index contributed by atoms with van der Waals surface area (Å²) in [6.45, 7) is 0. The fourth-order valence-electron chi connectivity index (χ4n) is 2.10. The summed E-state index contributed by atoms with van der Waals surface area (Å²) in [5, 5.41) is 0. The Morgan fingerprint density at radius 2 is 2.12 bits per heavy atom. The van der Waals surface area contributed by atoms with E-state index in [0.29, 0.717) is 24.0 Å². The summed E-state index contributed by atoms with van der Waals surface area (Å²) in [6, 6.07) is 1.63. The number of fused-ring (bicyclic) bond motifs is 1. The van der Waals surface area contributed by atoms with Gasteiger partial charge in [0.25, 0.3) is 0 Å². The van der Waals surface area contributed by atoms with Gasteiger partial charge in [-0.25, -0.2) is 9.97 Å². The Hall–Kier alpha value is -1.59. The van der Waals surface area contributed by atoms with Crippen LogP contribution in [0.3, 0.4) is 0 Å². The van der Waals surface area contributed by atoms with Gasteiger partial charge in [0.2, 0.25) is 0 Å². The first-order valence-electron chi connectivity index (χ1n) is 5.42. The number of hydrogen-bond acceptors (Lipinski definition) is 2. The largest absolute Gasteiger partial charge is 0.397 e. The van der Waals surface area contributed by atoms with E-state index in [4.69, 9.17) is 0 Å². The third kappa shape index (κ3) is 1.87. The zero-order valence-corrected chi connectivity index (χ0v) is 8.83. The smallest absolute Gasteiger partial charge is 0.345 e. The van der Waals surface area contributed by atoms with Crippen LogP contribution in [0, 0.1) is 5.92 Å². The van der Waals surface area contributed by atoms with Crippen molar-refractivity contribution in [3.63, 3.8) is 0 Å². The number of nitrogens with one attached hydrogen (secondary N) is 1. The van der Waals surface area contributed by atoms with Gasteiger partial charge in [0.05, 0.1) is 11.9 Å². The van der Waals surface area contributed by atoms with E-state index in [1.807, 2.05) is 0 Å². The van der Waals surface area contributed by atoms with E-state index in [0.717, 1.165) is 0 Å². The molecule has 1 saturated carbocycles. The lowest BCUT2D eigenvalue weighted by molar-refractivity contribution is -0.155. The first-order valence-corrected chi connectivity index (χ1v) is 5.42. The molecule has 6 heteroatoms. The van der Waals surface area contributed by atoms with Gasteiger partial charge in [-0.1, -0.05) is 0 Å². The van der Waals surface area contributed by atoms with Gasteiger partial charge in [0, 0.05) is 6.20 Å². The van der Waals surface area contributed by atoms with Crippen molar-refractivity contribution >= 4 is 11.2 Å². The summed E-state index contributed by atoms with van der Waals surface area (Å²) in [5.74, 6) is -1.78. The van der Waals surface area contributed by atoms with E-state index in [9.17, 15) is 13.2 Å². The highest BCUT2D eigenvalue weighted by Crippen LogP contribution is 2.50. The van der Waals surface area contributed by atoms with Crippen LogP contribution in [0.5, 0.6) is 0 Å². The Morgan fingerprint density at radius 1 is 1.35 bits per heavy atom. The molecule has 0 aromatic carbocycles. The van der Waals surface area contributed by atoms with E-state index in [-0.39, 0.29) is 11.6 Å². The number of hydrogen-bond donors (Lipinski definition) is 1. The first kappa shape index (κ1) is 10.6. The van der Waals surface area contributed by atoms with Gasteiger partial charge >= 0.3 is 6.18 Å². The standard InChI is InChI=1S/C11H10F3N3/c12-11(13,14)9(6-1-2-6)8-5-16-10-7(17-8)3-4-15-10/h3-6,9H,1-2H2,(H,15,16). The summed E-state index contributed by atoms with van der Waals surface area (Å²) in [5.41, 5.74) is 1.04. The topological polar surface area (TPSA) is 41.6 Å². The van der Waals surface area contributed by atoms with Crippen LogP contribution in [0.25, 0.3) is 11.2 Å². The predicted molar refractivity (Wildman–Crippen MR) is 55.4 cm³/mol. The zero-order chi connectivity index (χ0) is 12.0. The lowest BCUT2D eigenvalue weighted by Crippen LogP contribution is -2.23. The van der Waals surface area contributed by atoms with Gasteiger partial charge in [-0.05, 0) is 24.8 Å². The third-order valence-electron chi connectivity index (χ3n) is 3.04. The van der Waals surface area contributed by atoms with E-state index in [1.165, 1.54) is 6.20 Å². The summed E-state index contributed by atoms with van der Waals surface area (Å²) < 4.78 is 38.8. The molecule has 1 unspecified atom stereocenters. The molecule has 17 heavy (non-hydrogen) atoms. The maximum Gasteiger partial charge on any atom is 0.397 e. The van der Waals surface area contributed by atoms with Crippen molar-refractivity contribution in [2.45, 2.75) is 24.9 Å². The Balaban J connectivity index is 2.05. The molecule has 2 aromatic heterocycles. The second kappa shape index (κ2) is 3.45. The van der Waals surface area contributed by atoms with Crippen LogP contribution in [-0.4, -0.2) is 21.1 Å². The SMILES string of the molecule is FC(F)(F)C(c1cnc2[nH]ccc2n1)C1CC1. The van der Waals surface area contributed by atoms with Crippen molar-refractivity contribution in [3.8, 4) is 0 Å². The Morgan fingerprint density at radius 3 is 2.76 bits per heavy atom. The summed E-state index contributed by atoms with van der Waals surface area (Å²) in [4.78, 5) is 10.8. The molecule has 2 aromatic rings. The van der Waals surface area contributed by atoms with Crippen LogP contribution < -0.4 is 0 Å². The molecule has 0 saturated heterocycles. The fourth-order valence-corrected chi connectivity index (χ4v) is 2.10. The normalized spacial score (nSPS) is 18.5. The quantitative estimate of drug-likeness (QED) is 0.878. The summed E-state index contributed by atoms with van der Waals surface area (Å²) >= 11 is 0. The molecule has 1 atom stereocenters. The fraction of sp³-hybridized carbons (Fsp3) is 0.455. The average Bonchev–Trinajstić information content (AvgIpc) is 2.94. The molecule has 0 bridgehead atoms. The highest BCUT2D eigenvalue weighted by atomic mass is 19.4. The van der Waals surface area contributed by atoms with Crippen LogP contribution in [-0.2, 0) is 0 Å². The molecule has 0 radical (unpaired) electrons. The Bertz CT molecular complexity index is 542. The number of aromatic nitrogens is 3. The number of rotatable bonds is 2. The molecule has 0 spiro atoms. The summed E-state index contributed by atoms with van der Waals surface area (Å²) in [6.07, 6.45) is -0.141. The first-order chi connectivity index (χ1) is 8.05. The molecule has 90 valence electrons. The van der Waals surface area contributed by atoms with Crippen LogP contribution in [0.1, 0.15) is 24.5 Å². The van der Waals surface area contributed by atoms with E-state index < -0.39 is 12.1 Å². The number of H-pyrrole nitrogens is 1. The number of alkyl halides is 3. The molecule has 0 amide bonds. The minimum Gasteiger partial charge on any atom is -0.345 e. The molecule has 2 heterocycles. The molecule has 3 nitrogen and oxygen atoms in total. The van der Waals surface area contributed by atoms with Crippen molar-refractivity contribution in [3.05, 3.63) is 24.2 Å². The van der Waals surface area contributed by atoms with Gasteiger partial charge in [-0.15, -0.1) is 0 Å². The Labute approximate surface area is 95.1 Å². The minimum atomic E-state index is -4.24. The van der Waals surface area contributed by atoms with E-state index in [2.05, 4.69) is 15.0 Å². The third-order valence-corrected chi connectivity index (χ3v) is 3.04. The van der Waals surface area contributed by atoms with E-state index >= 15 is 0 Å². The van der Waals surface area contributed by atoms with Crippen LogP contribution in [0.15, 0.2) is 18.5 Å². The van der Waals surface area contributed by atoms with Gasteiger partial charge < -0.3 is 4.98 Å². The molecular formula is C11H10F3N3. The number of aromatic amines is 1. The zero-order valence-electron chi connectivity index (χ0n) is 8.83. The lowest BCUT2D eigenvalue weighted by Gasteiger charge is -2.18. The number of halogens is 3. The van der Waals surface area contributed by atoms with Crippen molar-refractivity contribution in [2.24, 2.45) is 5.92 Å². The van der Waals surface area contributed by atoms with Crippen molar-refractivity contribution in [1.29, 1.82) is 0 Å². The minimum absolute atomic E-state index is 0.0344. The highest BCUT2D eigenvalue weighted by molar-refractivity contribution is 5.69. The predicted octanol–water partition coefficient (Wildman–Crippen LogP) is 3.01. The summed E-state index contributed by atoms with van der Waals surface area (Å²) in [7, 11) is 0. The van der Waals surface area contributed by atoms with Crippen LogP contribution >= 0.6 is 0 Å². The maximum atomic E-state index is 12.9. The van der Waals surface area contributed by atoms with Gasteiger partial charge in [0.1, 0.15) is 11.4 Å². The lowest BCUT2D eigenvalue weighted by atomic mass is 9.99. The van der Waals surface area contributed by atoms with Gasteiger partial charge in [-0.2, -0.15) is 13.2 Å². The van der Waals surface area contributed by atoms with Gasteiger partial charge in [0.15, 0.2) is 5.65 Å². The van der Waals surface area contributed by atoms with Gasteiger partial charge in [-0.3, -0.25) is 0 Å². The Kier molecular flexibility index (Phi) is 2.14. The molecule has 1 aliphatic carbocycles. The highest BCUT2D eigenvalue weighted by Gasteiger charge is 2.50. The average molecular weight is 241 g/mol. The van der Waals surface area contributed by atoms with Crippen molar-refractivity contribution in [1.82, 2.24) is 15.0 Å². The molecule has 0 aliphatic heterocycles. The van der Waals surface area contributed by atoms with Crippen molar-refractivity contribution in [2.75, 3.05) is 0 Å². The molecule has 1 N–H and O–H groups in total. The second-order valence-electron chi connectivity index (χ2n) is 4.36. The number of nitrogens with zero attached hydrogens (tertiary/aromatic N) is 2. The molecule has 1 fully saturated rings. The second-order valence-corrected chi connectivity index (χ2v) is 4.36. The van der Waals surface area contributed by atoms with Crippen LogP contribution in [0.4, 0.5) is 13.2 Å². The van der Waals surface area contributed by atoms with Crippen molar-refractivity contribution < 1.29 is 13.2 Å². The molecule has 1 aliphatic rings. The molecular weight excluding hydrogens is 231 g/mol. The van der Waals surface area contributed by atoms with E-state index in [1.54, 1.807) is 12.3 Å².